The summed E-state index contributed by atoms with van der Waals surface area (Å²) in [6.07, 6.45) is -2.20. The Labute approximate surface area is 98.4 Å². The van der Waals surface area contributed by atoms with E-state index in [0.717, 1.165) is 32.0 Å². The average Bonchev–Trinajstić information content (AvgIpc) is 2.80. The molecule has 0 radical (unpaired) electrons. The summed E-state index contributed by atoms with van der Waals surface area (Å²) in [7, 11) is 1.63. The van der Waals surface area contributed by atoms with Crippen molar-refractivity contribution in [3.05, 3.63) is 23.8 Å². The molecule has 17 heavy (non-hydrogen) atoms. The summed E-state index contributed by atoms with van der Waals surface area (Å²) in [6, 6.07) is 4.13. The molecular weight excluding hydrogens is 229 g/mol. The van der Waals surface area contributed by atoms with E-state index in [9.17, 15) is 13.2 Å². The number of hydrogen-bond donors (Lipinski definition) is 1. The maximum atomic E-state index is 12.7. The normalized spacial score (nSPS) is 16.4. The third-order valence-electron chi connectivity index (χ3n) is 3.00. The molecule has 1 aliphatic rings. The Balaban J connectivity index is 2.38. The highest BCUT2D eigenvalue weighted by atomic mass is 19.4. The molecule has 0 bridgehead atoms. The lowest BCUT2D eigenvalue weighted by atomic mass is 10.1. The van der Waals surface area contributed by atoms with Crippen LogP contribution in [0.2, 0.25) is 0 Å². The lowest BCUT2D eigenvalue weighted by Crippen LogP contribution is -2.18. The van der Waals surface area contributed by atoms with E-state index >= 15 is 0 Å². The Morgan fingerprint density at radius 1 is 1.12 bits per heavy atom. The summed E-state index contributed by atoms with van der Waals surface area (Å²) < 4.78 is 38.2. The lowest BCUT2D eigenvalue weighted by molar-refractivity contribution is -0.137. The molecule has 0 spiro atoms. The van der Waals surface area contributed by atoms with Crippen LogP contribution in [0.4, 0.5) is 24.5 Å². The topological polar surface area (TPSA) is 15.3 Å². The minimum absolute atomic E-state index is 0.502. The standard InChI is InChI=1S/C12H15F3N2/c1-16-10-6-9(12(13,14)15)7-11(8-10)17-4-2-3-5-17/h6-8,16H,2-5H2,1H3. The lowest BCUT2D eigenvalue weighted by Gasteiger charge is -2.20. The highest BCUT2D eigenvalue weighted by Gasteiger charge is 2.31. The van der Waals surface area contributed by atoms with Gasteiger partial charge in [-0.25, -0.2) is 0 Å². The van der Waals surface area contributed by atoms with E-state index in [1.54, 1.807) is 13.1 Å². The van der Waals surface area contributed by atoms with Crippen LogP contribution in [0.5, 0.6) is 0 Å². The van der Waals surface area contributed by atoms with Gasteiger partial charge in [0.1, 0.15) is 0 Å². The van der Waals surface area contributed by atoms with Crippen molar-refractivity contribution in [2.75, 3.05) is 30.4 Å². The number of anilines is 2. The maximum absolute atomic E-state index is 12.7. The van der Waals surface area contributed by atoms with Crippen LogP contribution in [0, 0.1) is 0 Å². The molecule has 0 aliphatic carbocycles. The number of nitrogens with zero attached hydrogens (tertiary/aromatic N) is 1. The highest BCUT2D eigenvalue weighted by molar-refractivity contribution is 5.61. The molecule has 0 atom stereocenters. The molecule has 1 aromatic rings. The van der Waals surface area contributed by atoms with Crippen molar-refractivity contribution in [3.8, 4) is 0 Å². The van der Waals surface area contributed by atoms with Crippen LogP contribution in [0.1, 0.15) is 18.4 Å². The first-order chi connectivity index (χ1) is 8.00. The first-order valence-electron chi connectivity index (χ1n) is 5.66. The largest absolute Gasteiger partial charge is 0.416 e. The number of hydrogen-bond acceptors (Lipinski definition) is 2. The SMILES string of the molecule is CNc1cc(N2CCCC2)cc(C(F)(F)F)c1. The monoisotopic (exact) mass is 244 g/mol. The first kappa shape index (κ1) is 12.1. The predicted octanol–water partition coefficient (Wildman–Crippen LogP) is 3.35. The van der Waals surface area contributed by atoms with Gasteiger partial charge in [-0.05, 0) is 31.0 Å². The Kier molecular flexibility index (Phi) is 3.17. The minimum atomic E-state index is -4.29. The zero-order valence-electron chi connectivity index (χ0n) is 9.64. The zero-order chi connectivity index (χ0) is 12.5. The van der Waals surface area contributed by atoms with Crippen LogP contribution in [0.3, 0.4) is 0 Å². The summed E-state index contributed by atoms with van der Waals surface area (Å²) in [4.78, 5) is 2.00. The summed E-state index contributed by atoms with van der Waals surface area (Å²) in [6.45, 7) is 1.68. The van der Waals surface area contributed by atoms with Gasteiger partial charge in [0.05, 0.1) is 5.56 Å². The van der Waals surface area contributed by atoms with E-state index in [1.165, 1.54) is 6.07 Å². The van der Waals surface area contributed by atoms with Gasteiger partial charge in [-0.1, -0.05) is 0 Å². The van der Waals surface area contributed by atoms with Crippen molar-refractivity contribution in [1.82, 2.24) is 0 Å². The van der Waals surface area contributed by atoms with Crippen molar-refractivity contribution in [1.29, 1.82) is 0 Å². The minimum Gasteiger partial charge on any atom is -0.388 e. The molecule has 2 nitrogen and oxygen atoms in total. The Hall–Kier alpha value is -1.39. The van der Waals surface area contributed by atoms with Crippen LogP contribution in [0.25, 0.3) is 0 Å². The van der Waals surface area contributed by atoms with Gasteiger partial charge < -0.3 is 10.2 Å². The van der Waals surface area contributed by atoms with Gasteiger partial charge in [0.25, 0.3) is 0 Å². The van der Waals surface area contributed by atoms with Crippen LogP contribution < -0.4 is 10.2 Å². The molecule has 1 fully saturated rings. The third kappa shape index (κ3) is 2.65. The molecule has 1 heterocycles. The van der Waals surface area contributed by atoms with Crippen molar-refractivity contribution in [3.63, 3.8) is 0 Å². The number of nitrogens with one attached hydrogen (secondary N) is 1. The summed E-state index contributed by atoms with van der Waals surface area (Å²) in [5.41, 5.74) is 0.564. The second kappa shape index (κ2) is 4.47. The van der Waals surface area contributed by atoms with Gasteiger partial charge in [0, 0.05) is 31.5 Å². The van der Waals surface area contributed by atoms with Gasteiger partial charge in [0.15, 0.2) is 0 Å². The quantitative estimate of drug-likeness (QED) is 0.858. The van der Waals surface area contributed by atoms with Crippen LogP contribution in [-0.2, 0) is 6.18 Å². The first-order valence-corrected chi connectivity index (χ1v) is 5.66. The van der Waals surface area contributed by atoms with Crippen LogP contribution in [0.15, 0.2) is 18.2 Å². The van der Waals surface area contributed by atoms with Gasteiger partial charge in [-0.15, -0.1) is 0 Å². The van der Waals surface area contributed by atoms with Gasteiger partial charge in [-0.3, -0.25) is 0 Å². The molecule has 1 N–H and O–H groups in total. The van der Waals surface area contributed by atoms with E-state index in [2.05, 4.69) is 5.32 Å². The van der Waals surface area contributed by atoms with Crippen molar-refractivity contribution < 1.29 is 13.2 Å². The van der Waals surface area contributed by atoms with Gasteiger partial charge in [-0.2, -0.15) is 13.2 Å². The molecular formula is C12H15F3N2. The highest BCUT2D eigenvalue weighted by Crippen LogP contribution is 2.35. The molecule has 0 amide bonds. The molecule has 1 aliphatic heterocycles. The fraction of sp³-hybridized carbons (Fsp3) is 0.500. The Morgan fingerprint density at radius 2 is 1.76 bits per heavy atom. The van der Waals surface area contributed by atoms with Crippen molar-refractivity contribution in [2.24, 2.45) is 0 Å². The van der Waals surface area contributed by atoms with Crippen molar-refractivity contribution >= 4 is 11.4 Å². The Morgan fingerprint density at radius 3 is 2.29 bits per heavy atom. The van der Waals surface area contributed by atoms with Crippen LogP contribution >= 0.6 is 0 Å². The second-order valence-electron chi connectivity index (χ2n) is 4.21. The fourth-order valence-corrected chi connectivity index (χ4v) is 2.08. The van der Waals surface area contributed by atoms with Crippen LogP contribution in [-0.4, -0.2) is 20.1 Å². The fourth-order valence-electron chi connectivity index (χ4n) is 2.08. The second-order valence-corrected chi connectivity index (χ2v) is 4.21. The molecule has 0 aromatic heterocycles. The molecule has 1 aromatic carbocycles. The maximum Gasteiger partial charge on any atom is 0.416 e. The molecule has 0 unspecified atom stereocenters. The van der Waals surface area contributed by atoms with E-state index in [1.807, 2.05) is 4.90 Å². The third-order valence-corrected chi connectivity index (χ3v) is 3.00. The van der Waals surface area contributed by atoms with Gasteiger partial charge >= 0.3 is 6.18 Å². The molecule has 5 heteroatoms. The predicted molar refractivity (Wildman–Crippen MR) is 62.4 cm³/mol. The number of alkyl halides is 3. The average molecular weight is 244 g/mol. The van der Waals surface area contributed by atoms with E-state index < -0.39 is 11.7 Å². The molecule has 94 valence electrons. The van der Waals surface area contributed by atoms with E-state index in [-0.39, 0.29) is 0 Å². The van der Waals surface area contributed by atoms with E-state index in [0.29, 0.717) is 11.4 Å². The number of halogens is 3. The number of benzene rings is 1. The molecule has 0 saturated carbocycles. The summed E-state index contributed by atoms with van der Waals surface area (Å²) in [5.74, 6) is 0. The molecule has 1 saturated heterocycles. The van der Waals surface area contributed by atoms with Crippen molar-refractivity contribution in [2.45, 2.75) is 19.0 Å². The zero-order valence-corrected chi connectivity index (χ0v) is 9.64. The summed E-state index contributed by atoms with van der Waals surface area (Å²) >= 11 is 0. The summed E-state index contributed by atoms with van der Waals surface area (Å²) in [5, 5.41) is 2.78. The smallest absolute Gasteiger partial charge is 0.388 e. The Bertz CT molecular complexity index is 395. The van der Waals surface area contributed by atoms with Gasteiger partial charge in [0.2, 0.25) is 0 Å². The molecule has 2 rings (SSSR count). The number of rotatable bonds is 2. The van der Waals surface area contributed by atoms with E-state index in [4.69, 9.17) is 0 Å².